The van der Waals surface area contributed by atoms with E-state index in [0.29, 0.717) is 37.2 Å². The van der Waals surface area contributed by atoms with Gasteiger partial charge in [-0.2, -0.15) is 0 Å². The second kappa shape index (κ2) is 11.2. The van der Waals surface area contributed by atoms with Crippen LogP contribution in [-0.4, -0.2) is 60.9 Å². The van der Waals surface area contributed by atoms with Gasteiger partial charge in [-0.15, -0.1) is 0 Å². The minimum atomic E-state index is -2.63. The zero-order chi connectivity index (χ0) is 28.8. The predicted octanol–water partition coefficient (Wildman–Crippen LogP) is 6.99. The quantitative estimate of drug-likeness (QED) is 0.359. The van der Waals surface area contributed by atoms with Crippen LogP contribution in [0, 0.1) is 24.0 Å². The van der Waals surface area contributed by atoms with E-state index in [-0.39, 0.29) is 22.9 Å². The monoisotopic (exact) mass is 557 g/mol. The van der Waals surface area contributed by atoms with E-state index in [4.69, 9.17) is 0 Å². The first-order valence-corrected chi connectivity index (χ1v) is 14.3. The summed E-state index contributed by atoms with van der Waals surface area (Å²) in [6.45, 7) is 9.78. The van der Waals surface area contributed by atoms with E-state index in [0.717, 1.165) is 42.6 Å². The largest absolute Gasteiger partial charge is 0.370 e. The number of anilines is 1. The zero-order valence-corrected chi connectivity index (χ0v) is 23.8. The highest BCUT2D eigenvalue weighted by atomic mass is 19.3. The summed E-state index contributed by atoms with van der Waals surface area (Å²) < 4.78 is 59.2. The Balaban J connectivity index is 1.43. The Kier molecular flexibility index (Phi) is 8.01. The molecular formula is C32H39F4N3O. The van der Waals surface area contributed by atoms with Crippen molar-refractivity contribution in [3.63, 3.8) is 0 Å². The average molecular weight is 558 g/mol. The molecule has 2 atom stereocenters. The first-order chi connectivity index (χ1) is 19.0. The fourth-order valence-corrected chi connectivity index (χ4v) is 7.03. The molecule has 1 unspecified atom stereocenters. The third-order valence-electron chi connectivity index (χ3n) is 9.34. The van der Waals surface area contributed by atoms with Crippen molar-refractivity contribution in [2.45, 2.75) is 71.9 Å². The number of amides is 1. The summed E-state index contributed by atoms with van der Waals surface area (Å²) in [7, 11) is 0. The highest BCUT2D eigenvalue weighted by molar-refractivity contribution is 5.76. The number of hydrogen-bond acceptors (Lipinski definition) is 3. The second-order valence-corrected chi connectivity index (χ2v) is 11.9. The predicted molar refractivity (Wildman–Crippen MR) is 150 cm³/mol. The van der Waals surface area contributed by atoms with Gasteiger partial charge in [0.05, 0.1) is 12.6 Å². The number of benzene rings is 2. The van der Waals surface area contributed by atoms with Gasteiger partial charge >= 0.3 is 0 Å². The molecule has 0 saturated carbocycles. The Hall–Kier alpha value is -2.87. The second-order valence-electron chi connectivity index (χ2n) is 11.9. The smallest absolute Gasteiger partial charge is 0.251 e. The molecular weight excluding hydrogens is 518 g/mol. The van der Waals surface area contributed by atoms with E-state index in [2.05, 4.69) is 0 Å². The van der Waals surface area contributed by atoms with Crippen LogP contribution in [0.1, 0.15) is 69.2 Å². The van der Waals surface area contributed by atoms with E-state index in [1.165, 1.54) is 12.1 Å². The van der Waals surface area contributed by atoms with E-state index < -0.39 is 30.6 Å². The number of carbonyl (C=O) groups is 1. The molecule has 3 heterocycles. The maximum atomic E-state index is 15.9. The molecule has 1 spiro atoms. The lowest BCUT2D eigenvalue weighted by molar-refractivity contribution is -0.133. The third-order valence-corrected chi connectivity index (χ3v) is 9.34. The summed E-state index contributed by atoms with van der Waals surface area (Å²) in [4.78, 5) is 17.5. The van der Waals surface area contributed by atoms with Crippen LogP contribution in [0.2, 0.25) is 0 Å². The number of halogens is 4. The minimum absolute atomic E-state index is 0.0603. The summed E-state index contributed by atoms with van der Waals surface area (Å²) >= 11 is 0. The first kappa shape index (κ1) is 28.7. The van der Waals surface area contributed by atoms with Gasteiger partial charge in [-0.3, -0.25) is 9.69 Å². The van der Waals surface area contributed by atoms with Gasteiger partial charge in [0.25, 0.3) is 6.43 Å². The molecule has 1 amide bonds. The number of likely N-dealkylation sites (tertiary alicyclic amines) is 1. The maximum Gasteiger partial charge on any atom is 0.251 e. The molecule has 0 aliphatic carbocycles. The Bertz CT molecular complexity index is 1270. The van der Waals surface area contributed by atoms with E-state index >= 15 is 8.78 Å². The minimum Gasteiger partial charge on any atom is -0.370 e. The maximum absolute atomic E-state index is 15.9. The van der Waals surface area contributed by atoms with Crippen LogP contribution < -0.4 is 4.90 Å². The highest BCUT2D eigenvalue weighted by Gasteiger charge is 2.46. The fraction of sp³-hybridized carbons (Fsp3) is 0.531. The zero-order valence-electron chi connectivity index (χ0n) is 23.8. The number of alkyl halides is 2. The summed E-state index contributed by atoms with van der Waals surface area (Å²) in [6, 6.07) is 9.31. The topological polar surface area (TPSA) is 26.8 Å². The number of carbonyl (C=O) groups excluding carboxylic acids is 1. The van der Waals surface area contributed by atoms with Crippen LogP contribution in [0.15, 0.2) is 42.0 Å². The molecule has 4 nitrogen and oxygen atoms in total. The molecule has 0 aromatic heterocycles. The van der Waals surface area contributed by atoms with Crippen molar-refractivity contribution in [2.75, 3.05) is 37.6 Å². The summed E-state index contributed by atoms with van der Waals surface area (Å²) in [5.74, 6) is -1.25. The molecule has 40 heavy (non-hydrogen) atoms. The van der Waals surface area contributed by atoms with Gasteiger partial charge in [0.2, 0.25) is 5.91 Å². The number of nitrogens with zero attached hydrogens (tertiary/aromatic N) is 3. The van der Waals surface area contributed by atoms with Crippen LogP contribution >= 0.6 is 0 Å². The molecule has 2 fully saturated rings. The lowest BCUT2D eigenvalue weighted by Crippen LogP contribution is -2.61. The van der Waals surface area contributed by atoms with Crippen LogP contribution in [0.3, 0.4) is 0 Å². The Morgan fingerprint density at radius 2 is 1.68 bits per heavy atom. The number of rotatable bonds is 6. The van der Waals surface area contributed by atoms with Crippen molar-refractivity contribution in [3.8, 4) is 0 Å². The van der Waals surface area contributed by atoms with Gasteiger partial charge in [0, 0.05) is 55.3 Å². The summed E-state index contributed by atoms with van der Waals surface area (Å²) in [6.07, 6.45) is 0.163. The van der Waals surface area contributed by atoms with Crippen molar-refractivity contribution in [1.82, 2.24) is 9.80 Å². The Morgan fingerprint density at radius 3 is 2.25 bits per heavy atom. The highest BCUT2D eigenvalue weighted by Crippen LogP contribution is 2.47. The van der Waals surface area contributed by atoms with Crippen molar-refractivity contribution < 1.29 is 22.4 Å². The van der Waals surface area contributed by atoms with Gasteiger partial charge in [-0.25, -0.2) is 17.6 Å². The molecule has 0 radical (unpaired) electrons. The van der Waals surface area contributed by atoms with Crippen LogP contribution in [0.5, 0.6) is 0 Å². The molecule has 216 valence electrons. The molecule has 2 aromatic carbocycles. The van der Waals surface area contributed by atoms with Crippen molar-refractivity contribution in [3.05, 3.63) is 70.3 Å². The average Bonchev–Trinajstić information content (AvgIpc) is 2.90. The van der Waals surface area contributed by atoms with E-state index in [9.17, 15) is 13.6 Å². The van der Waals surface area contributed by atoms with Gasteiger partial charge in [0.1, 0.15) is 11.6 Å². The van der Waals surface area contributed by atoms with Crippen LogP contribution in [0.4, 0.5) is 23.2 Å². The van der Waals surface area contributed by atoms with E-state index in [1.807, 2.05) is 61.8 Å². The van der Waals surface area contributed by atoms with Gasteiger partial charge in [-0.1, -0.05) is 31.2 Å². The van der Waals surface area contributed by atoms with E-state index in [1.54, 1.807) is 4.90 Å². The number of piperidine rings is 1. The molecule has 5 rings (SSSR count). The molecule has 3 aliphatic heterocycles. The van der Waals surface area contributed by atoms with Gasteiger partial charge in [-0.05, 0) is 74.4 Å². The molecule has 8 heteroatoms. The standard InChI is InChI=1S/C32H39F4N3O/c1-5-29(40)37-12-10-32(11-13-37)18-38(19-32)23-15-26(33)30(27(34)16-23)31-22(4)25(24-9-7-6-8-20(24)2)14-21(3)39(31)17-28(35)36/h6-9,15-16,21,28,31H,5,10-14,17-19H2,1-4H3/t21?,31-/m1/s1. The van der Waals surface area contributed by atoms with Crippen molar-refractivity contribution >= 4 is 17.2 Å². The van der Waals surface area contributed by atoms with Crippen LogP contribution in [-0.2, 0) is 4.79 Å². The van der Waals surface area contributed by atoms with Gasteiger partial charge < -0.3 is 9.80 Å². The van der Waals surface area contributed by atoms with Crippen molar-refractivity contribution in [1.29, 1.82) is 0 Å². The number of hydrogen-bond donors (Lipinski definition) is 0. The molecule has 0 N–H and O–H groups in total. The van der Waals surface area contributed by atoms with Crippen molar-refractivity contribution in [2.24, 2.45) is 5.41 Å². The lowest BCUT2D eigenvalue weighted by atomic mass is 9.71. The Morgan fingerprint density at radius 1 is 1.05 bits per heavy atom. The summed E-state index contributed by atoms with van der Waals surface area (Å²) in [5.41, 5.74) is 4.06. The Labute approximate surface area is 234 Å². The molecule has 0 bridgehead atoms. The van der Waals surface area contributed by atoms with Crippen LogP contribution in [0.25, 0.3) is 5.57 Å². The molecule has 2 saturated heterocycles. The molecule has 3 aliphatic rings. The number of aryl methyl sites for hydroxylation is 1. The third kappa shape index (κ3) is 5.27. The summed E-state index contributed by atoms with van der Waals surface area (Å²) in [5, 5.41) is 0. The normalized spacial score (nSPS) is 23.2. The lowest BCUT2D eigenvalue weighted by Gasteiger charge is -2.55. The van der Waals surface area contributed by atoms with Gasteiger partial charge in [0.15, 0.2) is 0 Å². The first-order valence-electron chi connectivity index (χ1n) is 14.3. The molecule has 2 aromatic rings. The SMILES string of the molecule is CCC(=O)N1CCC2(CC1)CN(c1cc(F)c([C@H]3C(C)=C(c4ccccc4C)CC(C)N3CC(F)F)c(F)c1)C2. The fourth-order valence-electron chi connectivity index (χ4n) is 7.03.